The second-order valence-electron chi connectivity index (χ2n) is 5.70. The van der Waals surface area contributed by atoms with E-state index in [4.69, 9.17) is 0 Å². The van der Waals surface area contributed by atoms with Crippen LogP contribution < -0.4 is 0 Å². The number of nitrogens with zero attached hydrogens (tertiary/aromatic N) is 4. The number of rotatable bonds is 4. The van der Waals surface area contributed by atoms with Crippen molar-refractivity contribution >= 4 is 0 Å². The van der Waals surface area contributed by atoms with Crippen LogP contribution in [0.1, 0.15) is 29.9 Å². The Morgan fingerprint density at radius 2 is 2.20 bits per heavy atom. The Hall–Kier alpha value is -1.68. The van der Waals surface area contributed by atoms with E-state index in [0.29, 0.717) is 6.04 Å². The minimum Gasteiger partial charge on any atom is -0.293 e. The smallest absolute Gasteiger partial charge is 0.0596 e. The molecule has 20 heavy (non-hydrogen) atoms. The van der Waals surface area contributed by atoms with Crippen molar-refractivity contribution < 1.29 is 0 Å². The highest BCUT2D eigenvalue weighted by atomic mass is 15.3. The monoisotopic (exact) mass is 270 g/mol. The molecule has 0 radical (unpaired) electrons. The lowest BCUT2D eigenvalue weighted by Crippen LogP contribution is -2.33. The van der Waals surface area contributed by atoms with Gasteiger partial charge in [0.1, 0.15) is 0 Å². The Balaban J connectivity index is 1.68. The molecule has 4 nitrogen and oxygen atoms in total. The van der Waals surface area contributed by atoms with Gasteiger partial charge in [-0.1, -0.05) is 6.07 Å². The van der Waals surface area contributed by atoms with Crippen LogP contribution in [-0.4, -0.2) is 32.3 Å². The van der Waals surface area contributed by atoms with E-state index in [1.165, 1.54) is 25.1 Å². The average molecular weight is 270 g/mol. The van der Waals surface area contributed by atoms with E-state index in [1.807, 2.05) is 12.3 Å². The minimum absolute atomic E-state index is 0.579. The van der Waals surface area contributed by atoms with Crippen LogP contribution in [-0.2, 0) is 13.1 Å². The van der Waals surface area contributed by atoms with Gasteiger partial charge in [0.25, 0.3) is 0 Å². The third kappa shape index (κ3) is 2.90. The standard InChI is InChI=1S/C16H22N4/c1-13-10-14(2)20(18-13)12-16-7-5-9-19(16)11-15-6-3-4-8-17-15/h3-4,6,8,10,16H,5,7,9,11-12H2,1-2H3/t16-/m0/s1. The summed E-state index contributed by atoms with van der Waals surface area (Å²) in [4.78, 5) is 6.98. The van der Waals surface area contributed by atoms with Crippen LogP contribution in [0.5, 0.6) is 0 Å². The van der Waals surface area contributed by atoms with Gasteiger partial charge in [-0.05, 0) is 51.4 Å². The molecule has 0 amide bonds. The molecule has 1 aliphatic rings. The molecule has 0 spiro atoms. The second kappa shape index (κ2) is 5.75. The molecule has 4 heteroatoms. The van der Waals surface area contributed by atoms with Crippen LogP contribution in [0.4, 0.5) is 0 Å². The van der Waals surface area contributed by atoms with Gasteiger partial charge in [-0.25, -0.2) is 0 Å². The second-order valence-corrected chi connectivity index (χ2v) is 5.70. The van der Waals surface area contributed by atoms with Gasteiger partial charge in [0, 0.05) is 24.5 Å². The van der Waals surface area contributed by atoms with Crippen LogP contribution in [0.25, 0.3) is 0 Å². The van der Waals surface area contributed by atoms with Crippen LogP contribution in [0.15, 0.2) is 30.5 Å². The molecule has 1 atom stereocenters. The largest absolute Gasteiger partial charge is 0.293 e. The molecule has 0 aliphatic carbocycles. The van der Waals surface area contributed by atoms with Gasteiger partial charge in [-0.2, -0.15) is 5.10 Å². The van der Waals surface area contributed by atoms with Gasteiger partial charge in [0.15, 0.2) is 0 Å². The molecule has 3 rings (SSSR count). The van der Waals surface area contributed by atoms with Crippen LogP contribution >= 0.6 is 0 Å². The fourth-order valence-electron chi connectivity index (χ4n) is 3.07. The molecular weight excluding hydrogens is 248 g/mol. The van der Waals surface area contributed by atoms with Crippen molar-refractivity contribution in [1.29, 1.82) is 0 Å². The first-order valence-electron chi connectivity index (χ1n) is 7.37. The van der Waals surface area contributed by atoms with Gasteiger partial charge in [-0.15, -0.1) is 0 Å². The van der Waals surface area contributed by atoms with Crippen molar-refractivity contribution in [1.82, 2.24) is 19.7 Å². The van der Waals surface area contributed by atoms with E-state index in [2.05, 4.69) is 51.7 Å². The third-order valence-corrected chi connectivity index (χ3v) is 4.08. The lowest BCUT2D eigenvalue weighted by molar-refractivity contribution is 0.215. The first-order valence-corrected chi connectivity index (χ1v) is 7.37. The highest BCUT2D eigenvalue weighted by molar-refractivity contribution is 5.07. The minimum atomic E-state index is 0.579. The third-order valence-electron chi connectivity index (χ3n) is 4.08. The fraction of sp³-hybridized carbons (Fsp3) is 0.500. The van der Waals surface area contributed by atoms with E-state index in [1.54, 1.807) is 0 Å². The highest BCUT2D eigenvalue weighted by Crippen LogP contribution is 2.21. The zero-order valence-electron chi connectivity index (χ0n) is 12.3. The summed E-state index contributed by atoms with van der Waals surface area (Å²) in [6.45, 7) is 7.31. The van der Waals surface area contributed by atoms with Gasteiger partial charge in [-0.3, -0.25) is 14.6 Å². The molecule has 2 aromatic rings. The van der Waals surface area contributed by atoms with E-state index < -0.39 is 0 Å². The molecule has 0 bridgehead atoms. The van der Waals surface area contributed by atoms with Crippen molar-refractivity contribution in [3.05, 3.63) is 47.5 Å². The van der Waals surface area contributed by atoms with Gasteiger partial charge in [0.05, 0.1) is 17.9 Å². The average Bonchev–Trinajstić information content (AvgIpc) is 2.99. The SMILES string of the molecule is Cc1cc(C)n(C[C@@H]2CCCN2Cc2ccccn2)n1. The first-order chi connectivity index (χ1) is 9.72. The van der Waals surface area contributed by atoms with Gasteiger partial charge in [0.2, 0.25) is 0 Å². The van der Waals surface area contributed by atoms with Crippen LogP contribution in [0, 0.1) is 13.8 Å². The maximum Gasteiger partial charge on any atom is 0.0596 e. The maximum absolute atomic E-state index is 4.59. The predicted molar refractivity (Wildman–Crippen MR) is 79.4 cm³/mol. The molecule has 0 saturated carbocycles. The quantitative estimate of drug-likeness (QED) is 0.856. The van der Waals surface area contributed by atoms with Crippen molar-refractivity contribution in [2.75, 3.05) is 6.54 Å². The normalized spacial score (nSPS) is 19.6. The van der Waals surface area contributed by atoms with E-state index in [9.17, 15) is 0 Å². The summed E-state index contributed by atoms with van der Waals surface area (Å²) in [6, 6.07) is 8.88. The Morgan fingerprint density at radius 3 is 2.90 bits per heavy atom. The summed E-state index contributed by atoms with van der Waals surface area (Å²) >= 11 is 0. The lowest BCUT2D eigenvalue weighted by Gasteiger charge is -2.24. The zero-order chi connectivity index (χ0) is 13.9. The molecule has 0 unspecified atom stereocenters. The number of pyridine rings is 1. The number of aromatic nitrogens is 3. The summed E-state index contributed by atoms with van der Waals surface area (Å²) in [5.74, 6) is 0. The maximum atomic E-state index is 4.59. The lowest BCUT2D eigenvalue weighted by atomic mass is 10.2. The molecule has 3 heterocycles. The zero-order valence-corrected chi connectivity index (χ0v) is 12.3. The molecular formula is C16H22N4. The Kier molecular flexibility index (Phi) is 3.83. The summed E-state index contributed by atoms with van der Waals surface area (Å²) in [5, 5.41) is 4.59. The van der Waals surface area contributed by atoms with Crippen molar-refractivity contribution in [3.8, 4) is 0 Å². The Morgan fingerprint density at radius 1 is 1.30 bits per heavy atom. The number of aryl methyl sites for hydroxylation is 2. The van der Waals surface area contributed by atoms with Crippen molar-refractivity contribution in [3.63, 3.8) is 0 Å². The molecule has 1 aliphatic heterocycles. The Labute approximate surface area is 120 Å². The molecule has 0 N–H and O–H groups in total. The predicted octanol–water partition coefficient (Wildman–Crippen LogP) is 2.56. The molecule has 106 valence electrons. The molecule has 0 aromatic carbocycles. The highest BCUT2D eigenvalue weighted by Gasteiger charge is 2.25. The summed E-state index contributed by atoms with van der Waals surface area (Å²) in [6.07, 6.45) is 4.41. The van der Waals surface area contributed by atoms with Crippen LogP contribution in [0.2, 0.25) is 0 Å². The van der Waals surface area contributed by atoms with Gasteiger partial charge >= 0.3 is 0 Å². The number of likely N-dealkylation sites (tertiary alicyclic amines) is 1. The van der Waals surface area contributed by atoms with Crippen LogP contribution in [0.3, 0.4) is 0 Å². The molecule has 1 fully saturated rings. The van der Waals surface area contributed by atoms with E-state index in [0.717, 1.165) is 24.5 Å². The Bertz CT molecular complexity index is 561. The summed E-state index contributed by atoms with van der Waals surface area (Å²) < 4.78 is 2.15. The van der Waals surface area contributed by atoms with E-state index in [-0.39, 0.29) is 0 Å². The first kappa shape index (κ1) is 13.3. The van der Waals surface area contributed by atoms with Crippen molar-refractivity contribution in [2.24, 2.45) is 0 Å². The summed E-state index contributed by atoms with van der Waals surface area (Å²) in [7, 11) is 0. The van der Waals surface area contributed by atoms with Crippen molar-refractivity contribution in [2.45, 2.75) is 45.8 Å². The molecule has 1 saturated heterocycles. The molecule has 2 aromatic heterocycles. The number of hydrogen-bond acceptors (Lipinski definition) is 3. The fourth-order valence-corrected chi connectivity index (χ4v) is 3.07. The topological polar surface area (TPSA) is 34.0 Å². The summed E-state index contributed by atoms with van der Waals surface area (Å²) in [5.41, 5.74) is 3.52. The van der Waals surface area contributed by atoms with Gasteiger partial charge < -0.3 is 0 Å². The van der Waals surface area contributed by atoms with E-state index >= 15 is 0 Å². The number of hydrogen-bond donors (Lipinski definition) is 0.